The van der Waals surface area contributed by atoms with Crippen molar-refractivity contribution in [2.75, 3.05) is 6.67 Å². The number of aromatic nitrogens is 2. The molecule has 1 atom stereocenters. The highest BCUT2D eigenvalue weighted by molar-refractivity contribution is 7.99. The molecular weight excluding hydrogens is 301 g/mol. The van der Waals surface area contributed by atoms with Crippen molar-refractivity contribution in [1.82, 2.24) is 9.97 Å². The summed E-state index contributed by atoms with van der Waals surface area (Å²) in [5.41, 5.74) is 0.618. The van der Waals surface area contributed by atoms with Crippen molar-refractivity contribution >= 4 is 11.8 Å². The fraction of sp³-hybridized carbons (Fsp3) is 0.357. The number of hydrogen-bond acceptors (Lipinski definition) is 3. The second-order valence-electron chi connectivity index (χ2n) is 4.87. The lowest BCUT2D eigenvalue weighted by atomic mass is 10.2. The van der Waals surface area contributed by atoms with Gasteiger partial charge in [0.2, 0.25) is 0 Å². The molecule has 7 heteroatoms. The zero-order valence-electron chi connectivity index (χ0n) is 11.5. The smallest absolute Gasteiger partial charge is 0.140 e. The molecule has 0 aliphatic rings. The maximum atomic E-state index is 13.2. The van der Waals surface area contributed by atoms with E-state index in [-0.39, 0.29) is 11.7 Å². The Morgan fingerprint density at radius 1 is 1.24 bits per heavy atom. The molecule has 3 nitrogen and oxygen atoms in total. The molecule has 0 spiro atoms. The minimum absolute atomic E-state index is 0.0164. The van der Waals surface area contributed by atoms with Gasteiger partial charge in [-0.15, -0.1) is 0 Å². The quantitative estimate of drug-likeness (QED) is 0.877. The number of halogens is 3. The van der Waals surface area contributed by atoms with E-state index in [1.54, 1.807) is 0 Å². The molecule has 0 aliphatic carbocycles. The number of H-pyrrole nitrogens is 1. The van der Waals surface area contributed by atoms with Crippen molar-refractivity contribution in [2.45, 2.75) is 35.8 Å². The number of nitrogens with zero attached hydrogens (tertiary/aromatic N) is 1. The largest absolute Gasteiger partial charge is 0.382 e. The van der Waals surface area contributed by atoms with Crippen LogP contribution in [0, 0.1) is 11.6 Å². The molecule has 2 aromatic rings. The monoisotopic (exact) mass is 316 g/mol. The summed E-state index contributed by atoms with van der Waals surface area (Å²) in [6.45, 7) is 2.82. The maximum absolute atomic E-state index is 13.2. The lowest BCUT2D eigenvalue weighted by Crippen LogP contribution is -2.01. The summed E-state index contributed by atoms with van der Waals surface area (Å²) >= 11 is 1.09. The lowest BCUT2D eigenvalue weighted by Gasteiger charge is -2.05. The third kappa shape index (κ3) is 3.79. The van der Waals surface area contributed by atoms with Gasteiger partial charge in [0.1, 0.15) is 35.3 Å². The molecule has 1 aromatic heterocycles. The Balaban J connectivity index is 2.35. The van der Waals surface area contributed by atoms with Crippen molar-refractivity contribution in [3.05, 3.63) is 41.4 Å². The highest BCUT2D eigenvalue weighted by atomic mass is 32.2. The van der Waals surface area contributed by atoms with Gasteiger partial charge in [0.05, 0.1) is 5.69 Å². The molecule has 2 N–H and O–H groups in total. The van der Waals surface area contributed by atoms with Crippen molar-refractivity contribution in [2.24, 2.45) is 0 Å². The van der Waals surface area contributed by atoms with E-state index in [4.69, 9.17) is 0 Å². The fourth-order valence-electron chi connectivity index (χ4n) is 1.79. The predicted octanol–water partition coefficient (Wildman–Crippen LogP) is 3.97. The van der Waals surface area contributed by atoms with Gasteiger partial charge in [-0.2, -0.15) is 0 Å². The average Bonchev–Trinajstić information content (AvgIpc) is 2.80. The first-order valence-corrected chi connectivity index (χ1v) is 7.20. The van der Waals surface area contributed by atoms with Crippen LogP contribution in [0.5, 0.6) is 0 Å². The predicted molar refractivity (Wildman–Crippen MR) is 74.1 cm³/mol. The maximum Gasteiger partial charge on any atom is 0.140 e. The van der Waals surface area contributed by atoms with Crippen molar-refractivity contribution in [3.8, 4) is 0 Å². The van der Waals surface area contributed by atoms with Gasteiger partial charge in [-0.25, -0.2) is 18.2 Å². The number of rotatable bonds is 5. The van der Waals surface area contributed by atoms with E-state index < -0.39 is 24.4 Å². The summed E-state index contributed by atoms with van der Waals surface area (Å²) in [7, 11) is 0. The molecule has 1 heterocycles. The third-order valence-corrected chi connectivity index (χ3v) is 3.77. The minimum Gasteiger partial charge on any atom is -0.382 e. The average molecular weight is 316 g/mol. The Morgan fingerprint density at radius 3 is 2.38 bits per heavy atom. The fourth-order valence-corrected chi connectivity index (χ4v) is 2.91. The van der Waals surface area contributed by atoms with Crippen LogP contribution in [0.4, 0.5) is 13.2 Å². The molecule has 0 fully saturated rings. The Morgan fingerprint density at radius 2 is 1.86 bits per heavy atom. The summed E-state index contributed by atoms with van der Waals surface area (Å²) in [6, 6.07) is 3.19. The van der Waals surface area contributed by atoms with Gasteiger partial charge in [-0.05, 0) is 18.1 Å². The van der Waals surface area contributed by atoms with Crippen LogP contribution < -0.4 is 0 Å². The Bertz CT molecular complexity index is 610. The van der Waals surface area contributed by atoms with Crippen molar-refractivity contribution in [1.29, 1.82) is 0 Å². The molecule has 1 unspecified atom stereocenters. The standard InChI is InChI=1S/C14H15F3N2OS/c1-7(2)12-14(19-13(18-12)11(20)6-15)21-10-4-8(16)3-9(17)5-10/h3-5,7,11,20H,6H2,1-2H3,(H,18,19). The van der Waals surface area contributed by atoms with Gasteiger partial charge in [-0.3, -0.25) is 0 Å². The highest BCUT2D eigenvalue weighted by Crippen LogP contribution is 2.34. The van der Waals surface area contributed by atoms with Crippen LogP contribution in [0.1, 0.15) is 37.4 Å². The molecule has 0 amide bonds. The number of alkyl halides is 1. The van der Waals surface area contributed by atoms with Gasteiger partial charge >= 0.3 is 0 Å². The first-order chi connectivity index (χ1) is 9.90. The van der Waals surface area contributed by atoms with E-state index in [0.29, 0.717) is 15.6 Å². The van der Waals surface area contributed by atoms with Crippen LogP contribution >= 0.6 is 11.8 Å². The first-order valence-electron chi connectivity index (χ1n) is 6.38. The normalized spacial score (nSPS) is 12.9. The van der Waals surface area contributed by atoms with E-state index in [1.807, 2.05) is 13.8 Å². The Kier molecular flexibility index (Phi) is 4.95. The van der Waals surface area contributed by atoms with Gasteiger partial charge in [0.25, 0.3) is 0 Å². The zero-order valence-corrected chi connectivity index (χ0v) is 12.3. The molecule has 0 saturated heterocycles. The topological polar surface area (TPSA) is 48.9 Å². The van der Waals surface area contributed by atoms with E-state index in [0.717, 1.165) is 17.8 Å². The third-order valence-electron chi connectivity index (χ3n) is 2.78. The van der Waals surface area contributed by atoms with Crippen LogP contribution in [0.25, 0.3) is 0 Å². The van der Waals surface area contributed by atoms with Gasteiger partial charge in [0.15, 0.2) is 0 Å². The summed E-state index contributed by atoms with van der Waals surface area (Å²) in [5, 5.41) is 10.0. The first kappa shape index (κ1) is 15.9. The number of imidazole rings is 1. The molecule has 0 bridgehead atoms. The number of hydrogen-bond donors (Lipinski definition) is 2. The number of aliphatic hydroxyl groups excluding tert-OH is 1. The van der Waals surface area contributed by atoms with Crippen molar-refractivity contribution < 1.29 is 18.3 Å². The SMILES string of the molecule is CC(C)c1nc(C(O)CF)[nH]c1Sc1cc(F)cc(F)c1. The van der Waals surface area contributed by atoms with Crippen LogP contribution in [0.3, 0.4) is 0 Å². The molecular formula is C14H15F3N2OS. The Labute approximate surface area is 124 Å². The zero-order chi connectivity index (χ0) is 15.6. The molecule has 114 valence electrons. The van der Waals surface area contributed by atoms with Crippen LogP contribution in [-0.2, 0) is 0 Å². The summed E-state index contributed by atoms with van der Waals surface area (Å²) in [6.07, 6.45) is -1.33. The van der Waals surface area contributed by atoms with Gasteiger partial charge in [-0.1, -0.05) is 25.6 Å². The lowest BCUT2D eigenvalue weighted by molar-refractivity contribution is 0.133. The van der Waals surface area contributed by atoms with E-state index >= 15 is 0 Å². The summed E-state index contributed by atoms with van der Waals surface area (Å²) in [5.74, 6) is -1.22. The van der Waals surface area contributed by atoms with Gasteiger partial charge in [0, 0.05) is 11.0 Å². The number of benzene rings is 1. The van der Waals surface area contributed by atoms with Crippen LogP contribution in [0.2, 0.25) is 0 Å². The summed E-state index contributed by atoms with van der Waals surface area (Å²) in [4.78, 5) is 7.35. The Hall–Kier alpha value is -1.47. The second-order valence-corrected chi connectivity index (χ2v) is 5.95. The second kappa shape index (κ2) is 6.53. The molecule has 0 aliphatic heterocycles. The molecule has 0 saturated carbocycles. The molecule has 0 radical (unpaired) electrons. The van der Waals surface area contributed by atoms with Crippen molar-refractivity contribution in [3.63, 3.8) is 0 Å². The minimum atomic E-state index is -1.33. The molecule has 1 aromatic carbocycles. The number of aromatic amines is 1. The highest BCUT2D eigenvalue weighted by Gasteiger charge is 2.19. The molecule has 21 heavy (non-hydrogen) atoms. The van der Waals surface area contributed by atoms with E-state index in [9.17, 15) is 18.3 Å². The number of nitrogens with one attached hydrogen (secondary N) is 1. The summed E-state index contributed by atoms with van der Waals surface area (Å²) < 4.78 is 38.9. The molecule has 2 rings (SSSR count). The van der Waals surface area contributed by atoms with Crippen LogP contribution in [-0.4, -0.2) is 21.7 Å². The van der Waals surface area contributed by atoms with E-state index in [2.05, 4.69) is 9.97 Å². The number of aliphatic hydroxyl groups is 1. The van der Waals surface area contributed by atoms with Crippen LogP contribution in [0.15, 0.2) is 28.1 Å². The van der Waals surface area contributed by atoms with E-state index in [1.165, 1.54) is 12.1 Å². The van der Waals surface area contributed by atoms with Gasteiger partial charge < -0.3 is 10.1 Å².